The largest absolute Gasteiger partial charge is 0.494 e. The Kier molecular flexibility index (Phi) is 4.87. The summed E-state index contributed by atoms with van der Waals surface area (Å²) in [6.07, 6.45) is 0.620. The molecule has 4 nitrogen and oxygen atoms in total. The average molecular weight is 219 g/mol. The maximum atomic E-state index is 10.2. The van der Waals surface area contributed by atoms with E-state index in [4.69, 9.17) is 16.4 Å². The van der Waals surface area contributed by atoms with Crippen molar-refractivity contribution >= 4 is 5.97 Å². The number of rotatable bonds is 6. The van der Waals surface area contributed by atoms with Gasteiger partial charge in [-0.1, -0.05) is 0 Å². The number of carbonyl (C=O) groups is 1. The van der Waals surface area contributed by atoms with Crippen LogP contribution in [0.2, 0.25) is 0 Å². The highest BCUT2D eigenvalue weighted by Crippen LogP contribution is 2.13. The van der Waals surface area contributed by atoms with Crippen molar-refractivity contribution in [3.8, 4) is 5.75 Å². The molecule has 1 aromatic rings. The molecule has 4 heteroatoms. The van der Waals surface area contributed by atoms with E-state index in [0.717, 1.165) is 5.56 Å². The van der Waals surface area contributed by atoms with Crippen molar-refractivity contribution in [1.82, 2.24) is 0 Å². The van der Waals surface area contributed by atoms with Crippen molar-refractivity contribution < 1.29 is 14.6 Å². The maximum Gasteiger partial charge on any atom is 0.303 e. The Morgan fingerprint density at radius 3 is 2.62 bits per heavy atom. The van der Waals surface area contributed by atoms with Crippen LogP contribution in [-0.2, 0) is 11.3 Å². The van der Waals surface area contributed by atoms with E-state index in [1.54, 1.807) is 12.1 Å². The van der Waals surface area contributed by atoms with E-state index in [0.29, 0.717) is 25.3 Å². The molecular weight excluding hydrogens is 206 g/mol. The summed E-state index contributed by atoms with van der Waals surface area (Å²) in [5, 5.41) is 8.42. The van der Waals surface area contributed by atoms with Gasteiger partial charge in [0.15, 0.2) is 0 Å². The predicted octanol–water partition coefficient (Wildman–Crippen LogP) is 2.35. The van der Waals surface area contributed by atoms with Crippen LogP contribution in [0.4, 0.5) is 0 Å². The fraction of sp³-hybridized carbons (Fsp3) is 0.333. The number of hydrogen-bond acceptors (Lipinski definition) is 2. The Bertz CT molecular complexity index is 378. The van der Waals surface area contributed by atoms with Gasteiger partial charge in [0, 0.05) is 12.0 Å². The number of nitrogens with zero attached hydrogens (tertiary/aromatic N) is 1. The van der Waals surface area contributed by atoms with Crippen molar-refractivity contribution in [2.75, 3.05) is 6.61 Å². The van der Waals surface area contributed by atoms with Gasteiger partial charge in [-0.05, 0) is 30.7 Å². The van der Waals surface area contributed by atoms with Crippen LogP contribution in [0.1, 0.15) is 18.4 Å². The summed E-state index contributed by atoms with van der Waals surface area (Å²) in [5.41, 5.74) is 0.952. The van der Waals surface area contributed by atoms with Gasteiger partial charge in [-0.2, -0.15) is 0 Å². The molecule has 0 aliphatic carbocycles. The third-order valence-electron chi connectivity index (χ3n) is 1.99. The SMILES string of the molecule is [C-]#[N+]Cc1ccc(OCCCC(=O)O)cc1. The first-order chi connectivity index (χ1) is 7.72. The summed E-state index contributed by atoms with van der Waals surface area (Å²) < 4.78 is 5.35. The van der Waals surface area contributed by atoms with Gasteiger partial charge in [-0.25, -0.2) is 6.57 Å². The smallest absolute Gasteiger partial charge is 0.303 e. The van der Waals surface area contributed by atoms with E-state index in [9.17, 15) is 4.79 Å². The zero-order chi connectivity index (χ0) is 11.8. The Morgan fingerprint density at radius 2 is 2.06 bits per heavy atom. The molecule has 0 saturated carbocycles. The topological polar surface area (TPSA) is 50.9 Å². The van der Waals surface area contributed by atoms with Crippen molar-refractivity contribution in [3.63, 3.8) is 0 Å². The molecule has 0 fully saturated rings. The molecule has 0 aromatic heterocycles. The van der Waals surface area contributed by atoms with Crippen molar-refractivity contribution in [2.45, 2.75) is 19.4 Å². The first-order valence-electron chi connectivity index (χ1n) is 4.99. The molecule has 16 heavy (non-hydrogen) atoms. The summed E-state index contributed by atoms with van der Waals surface area (Å²) in [5.74, 6) is -0.102. The molecular formula is C12H13NO3. The molecule has 0 unspecified atom stereocenters. The number of benzene rings is 1. The van der Waals surface area contributed by atoms with E-state index < -0.39 is 5.97 Å². The fourth-order valence-electron chi connectivity index (χ4n) is 1.20. The van der Waals surface area contributed by atoms with Crippen molar-refractivity contribution in [3.05, 3.63) is 41.2 Å². The standard InChI is InChI=1S/C12H13NO3/c1-13-9-10-4-6-11(7-5-10)16-8-2-3-12(14)15/h4-7H,2-3,8-9H2,(H,14,15). The molecule has 0 atom stereocenters. The molecule has 1 rings (SSSR count). The molecule has 84 valence electrons. The van der Waals surface area contributed by atoms with E-state index in [-0.39, 0.29) is 6.42 Å². The van der Waals surface area contributed by atoms with Crippen molar-refractivity contribution in [1.29, 1.82) is 0 Å². The van der Waals surface area contributed by atoms with Gasteiger partial charge in [0.1, 0.15) is 5.75 Å². The molecule has 1 N–H and O–H groups in total. The van der Waals surface area contributed by atoms with Crippen LogP contribution >= 0.6 is 0 Å². The summed E-state index contributed by atoms with van der Waals surface area (Å²) in [7, 11) is 0. The summed E-state index contributed by atoms with van der Waals surface area (Å²) in [4.78, 5) is 13.5. The minimum absolute atomic E-state index is 0.121. The monoisotopic (exact) mass is 219 g/mol. The van der Waals surface area contributed by atoms with Gasteiger partial charge in [-0.15, -0.1) is 0 Å². The van der Waals surface area contributed by atoms with Crippen LogP contribution in [0.15, 0.2) is 24.3 Å². The van der Waals surface area contributed by atoms with E-state index in [1.165, 1.54) is 0 Å². The fourth-order valence-corrected chi connectivity index (χ4v) is 1.20. The van der Waals surface area contributed by atoms with Crippen LogP contribution in [0, 0.1) is 6.57 Å². The lowest BCUT2D eigenvalue weighted by Crippen LogP contribution is -2.01. The first-order valence-corrected chi connectivity index (χ1v) is 4.99. The van der Waals surface area contributed by atoms with Crippen LogP contribution in [0.25, 0.3) is 4.85 Å². The Morgan fingerprint density at radius 1 is 1.38 bits per heavy atom. The average Bonchev–Trinajstić information content (AvgIpc) is 2.27. The minimum atomic E-state index is -0.809. The number of carboxylic acids is 1. The van der Waals surface area contributed by atoms with Crippen LogP contribution in [0.3, 0.4) is 0 Å². The quantitative estimate of drug-likeness (QED) is 0.590. The molecule has 0 radical (unpaired) electrons. The lowest BCUT2D eigenvalue weighted by molar-refractivity contribution is -0.137. The summed E-state index contributed by atoms with van der Waals surface area (Å²) in [6, 6.07) is 7.26. The minimum Gasteiger partial charge on any atom is -0.494 e. The van der Waals surface area contributed by atoms with Crippen molar-refractivity contribution in [2.24, 2.45) is 0 Å². The second-order valence-electron chi connectivity index (χ2n) is 3.31. The second-order valence-corrected chi connectivity index (χ2v) is 3.31. The molecule has 0 saturated heterocycles. The molecule has 0 heterocycles. The number of ether oxygens (including phenoxy) is 1. The molecule has 0 aliphatic rings. The molecule has 0 bridgehead atoms. The molecule has 0 aliphatic heterocycles. The predicted molar refractivity (Wildman–Crippen MR) is 59.1 cm³/mol. The zero-order valence-corrected chi connectivity index (χ0v) is 8.85. The highest BCUT2D eigenvalue weighted by Gasteiger charge is 1.99. The first kappa shape index (κ1) is 12.1. The molecule has 0 spiro atoms. The van der Waals surface area contributed by atoms with Crippen LogP contribution < -0.4 is 4.74 Å². The van der Waals surface area contributed by atoms with Gasteiger partial charge in [0.05, 0.1) is 6.61 Å². The third-order valence-corrected chi connectivity index (χ3v) is 1.99. The van der Waals surface area contributed by atoms with E-state index in [2.05, 4.69) is 4.85 Å². The Hall–Kier alpha value is -2.02. The lowest BCUT2D eigenvalue weighted by Gasteiger charge is -2.04. The highest BCUT2D eigenvalue weighted by atomic mass is 16.5. The molecule has 1 aromatic carbocycles. The summed E-state index contributed by atoms with van der Waals surface area (Å²) >= 11 is 0. The Balaban J connectivity index is 2.32. The van der Waals surface area contributed by atoms with Gasteiger partial charge >= 0.3 is 5.97 Å². The lowest BCUT2D eigenvalue weighted by atomic mass is 10.2. The van der Waals surface area contributed by atoms with Gasteiger partial charge in [0.25, 0.3) is 0 Å². The summed E-state index contributed by atoms with van der Waals surface area (Å²) in [6.45, 7) is 7.48. The maximum absolute atomic E-state index is 10.2. The normalized spacial score (nSPS) is 9.44. The third kappa shape index (κ3) is 4.47. The van der Waals surface area contributed by atoms with E-state index in [1.807, 2.05) is 12.1 Å². The highest BCUT2D eigenvalue weighted by molar-refractivity contribution is 5.66. The number of hydrogen-bond donors (Lipinski definition) is 1. The van der Waals surface area contributed by atoms with Gasteiger partial charge in [-0.3, -0.25) is 4.79 Å². The molecule has 0 amide bonds. The van der Waals surface area contributed by atoms with Gasteiger partial charge < -0.3 is 14.7 Å². The van der Waals surface area contributed by atoms with Crippen LogP contribution in [0.5, 0.6) is 5.75 Å². The van der Waals surface area contributed by atoms with Crippen LogP contribution in [-0.4, -0.2) is 17.7 Å². The number of aliphatic carboxylic acids is 1. The number of carboxylic acid groups (broad SMARTS) is 1. The second kappa shape index (κ2) is 6.46. The van der Waals surface area contributed by atoms with E-state index >= 15 is 0 Å². The Labute approximate surface area is 94.3 Å². The zero-order valence-electron chi connectivity index (χ0n) is 8.85. The van der Waals surface area contributed by atoms with Gasteiger partial charge in [0.2, 0.25) is 6.54 Å².